The van der Waals surface area contributed by atoms with Gasteiger partial charge in [0.2, 0.25) is 0 Å². The first kappa shape index (κ1) is 9.05. The molecule has 2 saturated heterocycles. The van der Waals surface area contributed by atoms with Gasteiger partial charge in [0, 0.05) is 25.3 Å². The van der Waals surface area contributed by atoms with Crippen LogP contribution < -0.4 is 0 Å². The Hall–Kier alpha value is -0.520. The number of hydrogen-bond donors (Lipinski definition) is 0. The molecule has 0 aromatic heterocycles. The molecule has 2 nitrogen and oxygen atoms in total. The summed E-state index contributed by atoms with van der Waals surface area (Å²) in [6.45, 7) is 5.98. The molecule has 1 spiro atoms. The molecule has 72 valence electrons. The fourth-order valence-electron chi connectivity index (χ4n) is 2.32. The van der Waals surface area contributed by atoms with Crippen molar-refractivity contribution in [2.45, 2.75) is 31.7 Å². The van der Waals surface area contributed by atoms with Gasteiger partial charge in [0.15, 0.2) is 0 Å². The van der Waals surface area contributed by atoms with Gasteiger partial charge in [-0.15, -0.1) is 5.92 Å². The third-order valence-electron chi connectivity index (χ3n) is 3.39. The lowest BCUT2D eigenvalue weighted by Crippen LogP contribution is -2.62. The Morgan fingerprint density at radius 1 is 1.31 bits per heavy atom. The van der Waals surface area contributed by atoms with Gasteiger partial charge in [-0.25, -0.2) is 0 Å². The second kappa shape index (κ2) is 3.69. The summed E-state index contributed by atoms with van der Waals surface area (Å²) >= 11 is 0. The monoisotopic (exact) mass is 179 g/mol. The predicted molar refractivity (Wildman–Crippen MR) is 52.4 cm³/mol. The van der Waals surface area contributed by atoms with Crippen LogP contribution in [0, 0.1) is 11.8 Å². The molecule has 0 aromatic rings. The van der Waals surface area contributed by atoms with Gasteiger partial charge in [-0.05, 0) is 26.2 Å². The second-order valence-electron chi connectivity index (χ2n) is 3.94. The molecule has 2 aliphatic rings. The van der Waals surface area contributed by atoms with Gasteiger partial charge in [0.05, 0.1) is 6.54 Å². The number of ether oxygens (including phenoxy) is 1. The quantitative estimate of drug-likeness (QED) is 0.562. The number of rotatable bonds is 1. The van der Waals surface area contributed by atoms with Gasteiger partial charge in [-0.3, -0.25) is 4.90 Å². The van der Waals surface area contributed by atoms with Crippen LogP contribution in [0.25, 0.3) is 0 Å². The lowest BCUT2D eigenvalue weighted by Gasteiger charge is -2.54. The molecule has 0 aromatic carbocycles. The van der Waals surface area contributed by atoms with E-state index in [-0.39, 0.29) is 0 Å². The average Bonchev–Trinajstić information content (AvgIpc) is 2.18. The van der Waals surface area contributed by atoms with Gasteiger partial charge >= 0.3 is 0 Å². The van der Waals surface area contributed by atoms with Crippen molar-refractivity contribution in [1.82, 2.24) is 4.90 Å². The lowest BCUT2D eigenvalue weighted by atomic mass is 9.78. The Kier molecular flexibility index (Phi) is 2.57. The molecule has 2 aliphatic heterocycles. The van der Waals surface area contributed by atoms with E-state index in [1.807, 2.05) is 6.92 Å². The summed E-state index contributed by atoms with van der Waals surface area (Å²) in [4.78, 5) is 2.52. The highest BCUT2D eigenvalue weighted by Crippen LogP contribution is 2.38. The highest BCUT2D eigenvalue weighted by molar-refractivity contribution is 5.07. The number of nitrogens with zero attached hydrogens (tertiary/aromatic N) is 1. The highest BCUT2D eigenvalue weighted by Gasteiger charge is 2.44. The third-order valence-corrected chi connectivity index (χ3v) is 3.39. The van der Waals surface area contributed by atoms with Crippen molar-refractivity contribution in [2.75, 3.05) is 26.3 Å². The van der Waals surface area contributed by atoms with E-state index >= 15 is 0 Å². The fraction of sp³-hybridized carbons (Fsp3) is 0.818. The SMILES string of the molecule is CC#CCN1CCC12CCOCC2. The van der Waals surface area contributed by atoms with E-state index in [0.29, 0.717) is 5.54 Å². The highest BCUT2D eigenvalue weighted by atomic mass is 16.5. The maximum Gasteiger partial charge on any atom is 0.0606 e. The van der Waals surface area contributed by atoms with Crippen LogP contribution in [0.2, 0.25) is 0 Å². The predicted octanol–water partition coefficient (Wildman–Crippen LogP) is 1.26. The maximum absolute atomic E-state index is 5.39. The van der Waals surface area contributed by atoms with Crippen molar-refractivity contribution in [1.29, 1.82) is 0 Å². The molecule has 0 aliphatic carbocycles. The smallest absolute Gasteiger partial charge is 0.0606 e. The molecule has 2 fully saturated rings. The van der Waals surface area contributed by atoms with Crippen LogP contribution in [0.1, 0.15) is 26.2 Å². The molecular formula is C11H17NO. The van der Waals surface area contributed by atoms with E-state index in [0.717, 1.165) is 19.8 Å². The third kappa shape index (κ3) is 1.59. The molecule has 0 N–H and O–H groups in total. The lowest BCUT2D eigenvalue weighted by molar-refractivity contribution is -0.0823. The van der Waals surface area contributed by atoms with E-state index in [4.69, 9.17) is 4.74 Å². The van der Waals surface area contributed by atoms with Crippen LogP contribution in [0.4, 0.5) is 0 Å². The summed E-state index contributed by atoms with van der Waals surface area (Å²) in [6, 6.07) is 0. The molecule has 0 saturated carbocycles. The van der Waals surface area contributed by atoms with Crippen molar-refractivity contribution in [3.63, 3.8) is 0 Å². The summed E-state index contributed by atoms with van der Waals surface area (Å²) < 4.78 is 5.39. The van der Waals surface area contributed by atoms with Gasteiger partial charge in [0.25, 0.3) is 0 Å². The van der Waals surface area contributed by atoms with E-state index in [1.54, 1.807) is 0 Å². The summed E-state index contributed by atoms with van der Waals surface area (Å²) in [7, 11) is 0. The molecule has 13 heavy (non-hydrogen) atoms. The van der Waals surface area contributed by atoms with Crippen molar-refractivity contribution in [2.24, 2.45) is 0 Å². The zero-order valence-corrected chi connectivity index (χ0v) is 8.31. The van der Waals surface area contributed by atoms with E-state index in [1.165, 1.54) is 25.8 Å². The molecule has 0 radical (unpaired) electrons. The van der Waals surface area contributed by atoms with Crippen LogP contribution in [0.5, 0.6) is 0 Å². The Morgan fingerprint density at radius 3 is 2.62 bits per heavy atom. The molecule has 2 heterocycles. The Morgan fingerprint density at radius 2 is 2.08 bits per heavy atom. The van der Waals surface area contributed by atoms with Crippen LogP contribution in [-0.2, 0) is 4.74 Å². The van der Waals surface area contributed by atoms with Crippen molar-refractivity contribution >= 4 is 0 Å². The van der Waals surface area contributed by atoms with E-state index < -0.39 is 0 Å². The van der Waals surface area contributed by atoms with E-state index in [2.05, 4.69) is 16.7 Å². The van der Waals surface area contributed by atoms with Gasteiger partial charge in [-0.1, -0.05) is 5.92 Å². The summed E-state index contributed by atoms with van der Waals surface area (Å²) in [6.07, 6.45) is 3.76. The summed E-state index contributed by atoms with van der Waals surface area (Å²) in [5.41, 5.74) is 0.474. The van der Waals surface area contributed by atoms with Crippen molar-refractivity contribution in [3.05, 3.63) is 0 Å². The maximum atomic E-state index is 5.39. The minimum atomic E-state index is 0.474. The Balaban J connectivity index is 1.93. The molecular weight excluding hydrogens is 162 g/mol. The first-order valence-corrected chi connectivity index (χ1v) is 5.10. The standard InChI is InChI=1S/C11H17NO/c1-2-3-7-12-8-4-11(12)5-9-13-10-6-11/h4-10H2,1H3. The van der Waals surface area contributed by atoms with Crippen LogP contribution >= 0.6 is 0 Å². The second-order valence-corrected chi connectivity index (χ2v) is 3.94. The zero-order valence-electron chi connectivity index (χ0n) is 8.31. The number of hydrogen-bond acceptors (Lipinski definition) is 2. The van der Waals surface area contributed by atoms with Crippen molar-refractivity contribution < 1.29 is 4.74 Å². The Labute approximate surface area is 80.2 Å². The molecule has 0 unspecified atom stereocenters. The molecule has 2 heteroatoms. The van der Waals surface area contributed by atoms with Crippen LogP contribution in [0.3, 0.4) is 0 Å². The fourth-order valence-corrected chi connectivity index (χ4v) is 2.32. The first-order chi connectivity index (χ1) is 6.37. The summed E-state index contributed by atoms with van der Waals surface area (Å²) in [5, 5.41) is 0. The van der Waals surface area contributed by atoms with Crippen LogP contribution in [-0.4, -0.2) is 36.7 Å². The topological polar surface area (TPSA) is 12.5 Å². The molecule has 0 bridgehead atoms. The molecule has 0 amide bonds. The zero-order chi connectivity index (χ0) is 9.15. The van der Waals surface area contributed by atoms with Crippen LogP contribution in [0.15, 0.2) is 0 Å². The minimum Gasteiger partial charge on any atom is -0.381 e. The molecule has 0 atom stereocenters. The average molecular weight is 179 g/mol. The van der Waals surface area contributed by atoms with Gasteiger partial charge < -0.3 is 4.74 Å². The first-order valence-electron chi connectivity index (χ1n) is 5.10. The minimum absolute atomic E-state index is 0.474. The van der Waals surface area contributed by atoms with Gasteiger partial charge in [-0.2, -0.15) is 0 Å². The largest absolute Gasteiger partial charge is 0.381 e. The number of likely N-dealkylation sites (tertiary alicyclic amines) is 1. The normalized spacial score (nSPS) is 26.2. The van der Waals surface area contributed by atoms with Gasteiger partial charge in [0.1, 0.15) is 0 Å². The Bertz CT molecular complexity index is 232. The van der Waals surface area contributed by atoms with Crippen molar-refractivity contribution in [3.8, 4) is 11.8 Å². The molecule has 2 rings (SSSR count). The summed E-state index contributed by atoms with van der Waals surface area (Å²) in [5.74, 6) is 6.12. The van der Waals surface area contributed by atoms with E-state index in [9.17, 15) is 0 Å².